The number of rotatable bonds is 3. The van der Waals surface area contributed by atoms with Gasteiger partial charge in [0, 0.05) is 10.5 Å². The van der Waals surface area contributed by atoms with Crippen molar-refractivity contribution in [2.45, 2.75) is 6.04 Å². The third-order valence-electron chi connectivity index (χ3n) is 4.49. The highest BCUT2D eigenvalue weighted by Gasteiger charge is 2.32. The molecule has 0 fully saturated rings. The summed E-state index contributed by atoms with van der Waals surface area (Å²) in [7, 11) is 0. The van der Waals surface area contributed by atoms with E-state index < -0.39 is 0 Å². The zero-order valence-electron chi connectivity index (χ0n) is 14.2. The van der Waals surface area contributed by atoms with Gasteiger partial charge in [-0.1, -0.05) is 48.5 Å². The lowest BCUT2D eigenvalue weighted by Crippen LogP contribution is -2.42. The van der Waals surface area contributed by atoms with E-state index in [4.69, 9.17) is 4.98 Å². The summed E-state index contributed by atoms with van der Waals surface area (Å²) in [5, 5.41) is 9.05. The summed E-state index contributed by atoms with van der Waals surface area (Å²) in [4.78, 5) is 18.4. The Hall–Kier alpha value is -2.96. The lowest BCUT2D eigenvalue weighted by atomic mass is 9.97. The van der Waals surface area contributed by atoms with Gasteiger partial charge in [-0.2, -0.15) is 0 Å². The van der Waals surface area contributed by atoms with E-state index in [0.29, 0.717) is 0 Å². The molecule has 3 heterocycles. The molecule has 1 atom stereocenters. The van der Waals surface area contributed by atoms with Crippen LogP contribution in [0.4, 0.5) is 4.79 Å². The molecular formula is C21H15N3OS2. The normalized spacial score (nSPS) is 17.0. The molecule has 0 spiro atoms. The summed E-state index contributed by atoms with van der Waals surface area (Å²) >= 11 is 3.28. The van der Waals surface area contributed by atoms with Crippen LogP contribution in [0.15, 0.2) is 72.1 Å². The fraction of sp³-hybridized carbons (Fsp3) is 0.0476. The van der Waals surface area contributed by atoms with Crippen LogP contribution in [0, 0.1) is 0 Å². The molecule has 2 amide bonds. The number of thiazole rings is 1. The van der Waals surface area contributed by atoms with Crippen LogP contribution in [0.25, 0.3) is 21.5 Å². The maximum Gasteiger partial charge on any atom is 0.320 e. The second-order valence-electron chi connectivity index (χ2n) is 6.19. The Kier molecular flexibility index (Phi) is 3.99. The van der Waals surface area contributed by atoms with E-state index in [1.165, 1.54) is 0 Å². The van der Waals surface area contributed by atoms with Crippen LogP contribution in [0.2, 0.25) is 0 Å². The maximum absolute atomic E-state index is 12.4. The van der Waals surface area contributed by atoms with E-state index >= 15 is 0 Å². The molecule has 0 aliphatic carbocycles. The number of hydrogen-bond donors (Lipinski definition) is 2. The van der Waals surface area contributed by atoms with Crippen molar-refractivity contribution in [1.82, 2.24) is 15.6 Å². The van der Waals surface area contributed by atoms with E-state index in [0.717, 1.165) is 36.9 Å². The zero-order chi connectivity index (χ0) is 18.2. The lowest BCUT2D eigenvalue weighted by molar-refractivity contribution is 0.242. The van der Waals surface area contributed by atoms with Gasteiger partial charge in [0.05, 0.1) is 22.0 Å². The largest absolute Gasteiger partial charge is 0.326 e. The molecule has 0 saturated heterocycles. The second kappa shape index (κ2) is 6.64. The predicted molar refractivity (Wildman–Crippen MR) is 112 cm³/mol. The van der Waals surface area contributed by atoms with Crippen LogP contribution in [-0.2, 0) is 0 Å². The molecule has 4 aromatic rings. The van der Waals surface area contributed by atoms with Crippen molar-refractivity contribution >= 4 is 50.2 Å². The van der Waals surface area contributed by atoms with Crippen LogP contribution < -0.4 is 10.6 Å². The van der Waals surface area contributed by atoms with E-state index in [2.05, 4.69) is 22.8 Å². The monoisotopic (exact) mass is 389 g/mol. The predicted octanol–water partition coefficient (Wildman–Crippen LogP) is 5.28. The number of hydrogen-bond acceptors (Lipinski definition) is 4. The van der Waals surface area contributed by atoms with Crippen LogP contribution in [0.1, 0.15) is 21.5 Å². The number of amides is 2. The number of nitrogens with zero attached hydrogens (tertiary/aromatic N) is 1. The van der Waals surface area contributed by atoms with Gasteiger partial charge in [-0.3, -0.25) is 0 Å². The van der Waals surface area contributed by atoms with Gasteiger partial charge in [0.2, 0.25) is 0 Å². The maximum atomic E-state index is 12.4. The van der Waals surface area contributed by atoms with Gasteiger partial charge < -0.3 is 10.6 Å². The first-order chi connectivity index (χ1) is 13.3. The highest BCUT2D eigenvalue weighted by atomic mass is 32.1. The molecule has 6 heteroatoms. The van der Waals surface area contributed by atoms with E-state index in [9.17, 15) is 4.79 Å². The van der Waals surface area contributed by atoms with Gasteiger partial charge in [0.1, 0.15) is 5.01 Å². The van der Waals surface area contributed by atoms with Gasteiger partial charge in [0.25, 0.3) is 0 Å². The molecule has 1 unspecified atom stereocenters. The van der Waals surface area contributed by atoms with Crippen molar-refractivity contribution in [1.29, 1.82) is 0 Å². The van der Waals surface area contributed by atoms with E-state index in [1.54, 1.807) is 22.7 Å². The number of aromatic nitrogens is 1. The molecule has 1 aliphatic rings. The first kappa shape index (κ1) is 16.2. The Morgan fingerprint density at radius 3 is 2.52 bits per heavy atom. The minimum absolute atomic E-state index is 0.197. The third kappa shape index (κ3) is 2.93. The molecule has 0 radical (unpaired) electrons. The summed E-state index contributed by atoms with van der Waals surface area (Å²) in [5.74, 6) is 0. The number of thiophene rings is 1. The SMILES string of the molecule is O=C1NC(c2ccccc2)=C(c2nc3ccccc3s2)C(c2cccs2)N1. The van der Waals surface area contributed by atoms with Crippen molar-refractivity contribution in [3.8, 4) is 0 Å². The van der Waals surface area contributed by atoms with E-state index in [1.807, 2.05) is 60.0 Å². The average Bonchev–Trinajstić information content (AvgIpc) is 3.37. The molecule has 2 aromatic heterocycles. The number of nitrogens with one attached hydrogen (secondary N) is 2. The number of urea groups is 1. The van der Waals surface area contributed by atoms with Gasteiger partial charge in [0.15, 0.2) is 0 Å². The second-order valence-corrected chi connectivity index (χ2v) is 8.20. The quantitative estimate of drug-likeness (QED) is 0.501. The summed E-state index contributed by atoms with van der Waals surface area (Å²) < 4.78 is 1.13. The van der Waals surface area contributed by atoms with Crippen molar-refractivity contribution in [3.05, 3.63) is 87.6 Å². The molecule has 132 valence electrons. The fourth-order valence-corrected chi connectivity index (χ4v) is 5.12. The average molecular weight is 390 g/mol. The highest BCUT2D eigenvalue weighted by molar-refractivity contribution is 7.19. The molecule has 0 saturated carbocycles. The minimum Gasteiger partial charge on any atom is -0.326 e. The first-order valence-electron chi connectivity index (χ1n) is 8.56. The Morgan fingerprint density at radius 2 is 1.74 bits per heavy atom. The lowest BCUT2D eigenvalue weighted by Gasteiger charge is -2.29. The fourth-order valence-electron chi connectivity index (χ4n) is 3.28. The van der Waals surface area contributed by atoms with Crippen LogP contribution in [0.3, 0.4) is 0 Å². The standard InChI is InChI=1S/C21H15N3OS2/c25-21-23-18(13-7-2-1-3-8-13)17(19(24-21)16-11-6-12-26-16)20-22-14-9-4-5-10-15(14)27-20/h1-12,19H,(H2,23,24,25). The number of benzene rings is 2. The smallest absolute Gasteiger partial charge is 0.320 e. The Morgan fingerprint density at radius 1 is 0.926 bits per heavy atom. The Bertz CT molecular complexity index is 1110. The third-order valence-corrected chi connectivity index (χ3v) is 6.49. The molecular weight excluding hydrogens is 374 g/mol. The Labute approximate surface area is 164 Å². The number of carbonyl (C=O) groups excluding carboxylic acids is 1. The molecule has 4 nitrogen and oxygen atoms in total. The van der Waals surface area contributed by atoms with Crippen LogP contribution >= 0.6 is 22.7 Å². The topological polar surface area (TPSA) is 54.0 Å². The van der Waals surface area contributed by atoms with Crippen molar-refractivity contribution < 1.29 is 4.79 Å². The zero-order valence-corrected chi connectivity index (χ0v) is 15.8. The molecule has 2 N–H and O–H groups in total. The number of para-hydroxylation sites is 1. The van der Waals surface area contributed by atoms with Gasteiger partial charge in [-0.15, -0.1) is 22.7 Å². The summed E-state index contributed by atoms with van der Waals surface area (Å²) in [5.41, 5.74) is 3.77. The highest BCUT2D eigenvalue weighted by Crippen LogP contribution is 2.41. The molecule has 5 rings (SSSR count). The number of carbonyl (C=O) groups is 1. The summed E-state index contributed by atoms with van der Waals surface area (Å²) in [6.07, 6.45) is 0. The first-order valence-corrected chi connectivity index (χ1v) is 10.3. The van der Waals surface area contributed by atoms with Crippen molar-refractivity contribution in [2.24, 2.45) is 0 Å². The summed E-state index contributed by atoms with van der Waals surface area (Å²) in [6, 6.07) is 21.7. The van der Waals surface area contributed by atoms with Crippen LogP contribution in [0.5, 0.6) is 0 Å². The molecule has 0 bridgehead atoms. The number of fused-ring (bicyclic) bond motifs is 1. The van der Waals surface area contributed by atoms with E-state index in [-0.39, 0.29) is 12.1 Å². The molecule has 1 aliphatic heterocycles. The van der Waals surface area contributed by atoms with Crippen molar-refractivity contribution in [3.63, 3.8) is 0 Å². The van der Waals surface area contributed by atoms with Gasteiger partial charge in [-0.25, -0.2) is 9.78 Å². The van der Waals surface area contributed by atoms with Crippen molar-refractivity contribution in [2.75, 3.05) is 0 Å². The van der Waals surface area contributed by atoms with Crippen LogP contribution in [-0.4, -0.2) is 11.0 Å². The summed E-state index contributed by atoms with van der Waals surface area (Å²) in [6.45, 7) is 0. The Balaban J connectivity index is 1.78. The van der Waals surface area contributed by atoms with Gasteiger partial charge >= 0.3 is 6.03 Å². The van der Waals surface area contributed by atoms with Gasteiger partial charge in [-0.05, 0) is 29.1 Å². The minimum atomic E-state index is -0.227. The molecule has 27 heavy (non-hydrogen) atoms. The molecule has 2 aromatic carbocycles.